The van der Waals surface area contributed by atoms with Crippen LogP contribution in [0.5, 0.6) is 5.75 Å². The highest BCUT2D eigenvalue weighted by molar-refractivity contribution is 5.30. The third-order valence-corrected chi connectivity index (χ3v) is 2.37. The first kappa shape index (κ1) is 12.9. The second-order valence-corrected chi connectivity index (χ2v) is 4.19. The van der Waals surface area contributed by atoms with Crippen molar-refractivity contribution >= 4 is 0 Å². The average molecular weight is 227 g/mol. The molecule has 90 valence electrons. The number of halogens is 1. The minimum absolute atomic E-state index is 0.188. The van der Waals surface area contributed by atoms with Crippen LogP contribution < -0.4 is 10.5 Å². The Morgan fingerprint density at radius 3 is 2.62 bits per heavy atom. The molecule has 0 unspecified atom stereocenters. The van der Waals surface area contributed by atoms with Gasteiger partial charge in [-0.15, -0.1) is 0 Å². The van der Waals surface area contributed by atoms with Gasteiger partial charge in [-0.2, -0.15) is 0 Å². The summed E-state index contributed by atoms with van der Waals surface area (Å²) in [5.41, 5.74) is 5.55. The summed E-state index contributed by atoms with van der Waals surface area (Å²) in [5.74, 6) is -0.149. The molecule has 2 N–H and O–H groups in total. The Bertz CT molecular complexity index is 353. The van der Waals surface area contributed by atoms with Crippen molar-refractivity contribution in [3.05, 3.63) is 29.6 Å². The Morgan fingerprint density at radius 2 is 2.06 bits per heavy atom. The van der Waals surface area contributed by atoms with Gasteiger partial charge in [-0.05, 0) is 19.9 Å². The first-order valence-corrected chi connectivity index (χ1v) is 5.15. The fourth-order valence-corrected chi connectivity index (χ4v) is 1.16. The van der Waals surface area contributed by atoms with Gasteiger partial charge in [-0.25, -0.2) is 4.39 Å². The zero-order chi connectivity index (χ0) is 12.2. The summed E-state index contributed by atoms with van der Waals surface area (Å²) < 4.78 is 24.1. The van der Waals surface area contributed by atoms with E-state index in [9.17, 15) is 4.39 Å². The summed E-state index contributed by atoms with van der Waals surface area (Å²) in [7, 11) is 1.44. The highest BCUT2D eigenvalue weighted by atomic mass is 19.1. The number of nitrogens with two attached hydrogens (primary N) is 1. The summed E-state index contributed by atoms with van der Waals surface area (Å²) in [4.78, 5) is 0. The molecule has 16 heavy (non-hydrogen) atoms. The molecule has 4 heteroatoms. The van der Waals surface area contributed by atoms with Gasteiger partial charge >= 0.3 is 0 Å². The molecule has 1 aromatic rings. The Morgan fingerprint density at radius 1 is 1.38 bits per heavy atom. The maximum atomic E-state index is 13.7. The maximum Gasteiger partial charge on any atom is 0.170 e. The van der Waals surface area contributed by atoms with Crippen LogP contribution >= 0.6 is 0 Å². The van der Waals surface area contributed by atoms with E-state index in [1.807, 2.05) is 13.8 Å². The van der Waals surface area contributed by atoms with Crippen LogP contribution in [-0.4, -0.2) is 19.3 Å². The zero-order valence-electron chi connectivity index (χ0n) is 9.92. The average Bonchev–Trinajstić information content (AvgIpc) is 2.28. The van der Waals surface area contributed by atoms with Crippen molar-refractivity contribution in [1.29, 1.82) is 0 Å². The SMILES string of the molecule is COc1cccc(COC(C)(C)CN)c1F. The van der Waals surface area contributed by atoms with Crippen LogP contribution in [0.3, 0.4) is 0 Å². The number of ether oxygens (including phenoxy) is 2. The Balaban J connectivity index is 2.75. The molecule has 0 fully saturated rings. The van der Waals surface area contributed by atoms with Gasteiger partial charge in [0.2, 0.25) is 0 Å². The molecule has 1 rings (SSSR count). The number of benzene rings is 1. The van der Waals surface area contributed by atoms with Gasteiger partial charge in [-0.1, -0.05) is 12.1 Å². The van der Waals surface area contributed by atoms with Crippen molar-refractivity contribution in [2.24, 2.45) is 5.73 Å². The summed E-state index contributed by atoms with van der Waals surface area (Å²) in [6.45, 7) is 4.31. The third kappa shape index (κ3) is 3.18. The number of hydrogen-bond acceptors (Lipinski definition) is 3. The van der Waals surface area contributed by atoms with Crippen molar-refractivity contribution < 1.29 is 13.9 Å². The van der Waals surface area contributed by atoms with Gasteiger partial charge in [0, 0.05) is 12.1 Å². The van der Waals surface area contributed by atoms with E-state index in [2.05, 4.69) is 0 Å². The highest BCUT2D eigenvalue weighted by Crippen LogP contribution is 2.22. The second kappa shape index (κ2) is 5.27. The quantitative estimate of drug-likeness (QED) is 0.837. The molecule has 1 aromatic carbocycles. The van der Waals surface area contributed by atoms with Gasteiger partial charge in [0.05, 0.1) is 19.3 Å². The van der Waals surface area contributed by atoms with Crippen molar-refractivity contribution in [2.45, 2.75) is 26.1 Å². The molecule has 0 saturated heterocycles. The Labute approximate surface area is 95.4 Å². The molecular formula is C12H18FNO2. The van der Waals surface area contributed by atoms with Crippen LogP contribution in [0.15, 0.2) is 18.2 Å². The van der Waals surface area contributed by atoms with E-state index in [0.29, 0.717) is 12.1 Å². The van der Waals surface area contributed by atoms with E-state index in [0.717, 1.165) is 0 Å². The third-order valence-electron chi connectivity index (χ3n) is 2.37. The fraction of sp³-hybridized carbons (Fsp3) is 0.500. The lowest BCUT2D eigenvalue weighted by Gasteiger charge is -2.23. The van der Waals surface area contributed by atoms with E-state index < -0.39 is 5.60 Å². The van der Waals surface area contributed by atoms with Crippen LogP contribution in [0.2, 0.25) is 0 Å². The first-order chi connectivity index (χ1) is 7.50. The second-order valence-electron chi connectivity index (χ2n) is 4.19. The van der Waals surface area contributed by atoms with Gasteiger partial charge < -0.3 is 15.2 Å². The summed E-state index contributed by atoms with van der Waals surface area (Å²) in [6.07, 6.45) is 0. The maximum absolute atomic E-state index is 13.7. The molecule has 3 nitrogen and oxygen atoms in total. The molecular weight excluding hydrogens is 209 g/mol. The lowest BCUT2D eigenvalue weighted by atomic mass is 10.1. The standard InChI is InChI=1S/C12H18FNO2/c1-12(2,8-14)16-7-9-5-4-6-10(15-3)11(9)13/h4-6H,7-8,14H2,1-3H3. The summed E-state index contributed by atoms with van der Waals surface area (Å²) in [5, 5.41) is 0. The first-order valence-electron chi connectivity index (χ1n) is 5.15. The molecule has 0 aromatic heterocycles. The molecule has 0 atom stereocenters. The van der Waals surface area contributed by atoms with Crippen molar-refractivity contribution in [3.8, 4) is 5.75 Å². The van der Waals surface area contributed by atoms with Crippen LogP contribution in [0.25, 0.3) is 0 Å². The minimum Gasteiger partial charge on any atom is -0.494 e. The van der Waals surface area contributed by atoms with E-state index in [-0.39, 0.29) is 18.2 Å². The molecule has 0 bridgehead atoms. The lowest BCUT2D eigenvalue weighted by molar-refractivity contribution is -0.0234. The van der Waals surface area contributed by atoms with Gasteiger partial charge in [0.15, 0.2) is 11.6 Å². The van der Waals surface area contributed by atoms with E-state index in [4.69, 9.17) is 15.2 Å². The molecule has 0 spiro atoms. The minimum atomic E-state index is -0.449. The van der Waals surface area contributed by atoms with E-state index in [1.54, 1.807) is 18.2 Å². The topological polar surface area (TPSA) is 44.5 Å². The van der Waals surface area contributed by atoms with Crippen LogP contribution in [0.4, 0.5) is 4.39 Å². The van der Waals surface area contributed by atoms with Crippen molar-refractivity contribution in [3.63, 3.8) is 0 Å². The number of rotatable bonds is 5. The normalized spacial score (nSPS) is 11.6. The Kier molecular flexibility index (Phi) is 4.26. The largest absolute Gasteiger partial charge is 0.494 e. The summed E-state index contributed by atoms with van der Waals surface area (Å²) in [6, 6.07) is 4.98. The fourth-order valence-electron chi connectivity index (χ4n) is 1.16. The smallest absolute Gasteiger partial charge is 0.170 e. The highest BCUT2D eigenvalue weighted by Gasteiger charge is 2.17. The number of methoxy groups -OCH3 is 1. The molecule has 0 saturated carbocycles. The van der Waals surface area contributed by atoms with Gasteiger partial charge in [0.25, 0.3) is 0 Å². The van der Waals surface area contributed by atoms with Gasteiger partial charge in [-0.3, -0.25) is 0 Å². The zero-order valence-corrected chi connectivity index (χ0v) is 9.92. The van der Waals surface area contributed by atoms with Gasteiger partial charge in [0.1, 0.15) is 0 Å². The Hall–Kier alpha value is -1.13. The van der Waals surface area contributed by atoms with Crippen LogP contribution in [0.1, 0.15) is 19.4 Å². The monoisotopic (exact) mass is 227 g/mol. The molecule has 0 radical (unpaired) electrons. The molecule has 0 aliphatic rings. The number of hydrogen-bond donors (Lipinski definition) is 1. The van der Waals surface area contributed by atoms with Crippen LogP contribution in [0, 0.1) is 5.82 Å². The lowest BCUT2D eigenvalue weighted by Crippen LogP contribution is -2.33. The predicted molar refractivity (Wildman–Crippen MR) is 60.9 cm³/mol. The van der Waals surface area contributed by atoms with Crippen molar-refractivity contribution in [1.82, 2.24) is 0 Å². The van der Waals surface area contributed by atoms with E-state index >= 15 is 0 Å². The van der Waals surface area contributed by atoms with Crippen LogP contribution in [-0.2, 0) is 11.3 Å². The molecule has 0 amide bonds. The summed E-state index contributed by atoms with van der Waals surface area (Å²) >= 11 is 0. The molecule has 0 aliphatic carbocycles. The van der Waals surface area contributed by atoms with Crippen molar-refractivity contribution in [2.75, 3.05) is 13.7 Å². The predicted octanol–water partition coefficient (Wildman–Crippen LogP) is 2.09. The van der Waals surface area contributed by atoms with E-state index in [1.165, 1.54) is 7.11 Å². The molecule has 0 aliphatic heterocycles. The molecule has 0 heterocycles.